The summed E-state index contributed by atoms with van der Waals surface area (Å²) in [6.45, 7) is 3.14. The Morgan fingerprint density at radius 3 is 2.55 bits per heavy atom. The molecule has 6 nitrogen and oxygen atoms in total. The van der Waals surface area contributed by atoms with Crippen LogP contribution in [0, 0.1) is 0 Å². The maximum atomic E-state index is 12.1. The Bertz CT molecular complexity index is 1010. The molecule has 1 N–H and O–H groups in total. The van der Waals surface area contributed by atoms with Gasteiger partial charge >= 0.3 is 0 Å². The van der Waals surface area contributed by atoms with Crippen LogP contribution in [0.4, 0.5) is 0 Å². The number of hydrazone groups is 1. The Balaban J connectivity index is 1.49. The van der Waals surface area contributed by atoms with Crippen LogP contribution in [0.1, 0.15) is 34.8 Å². The molecule has 0 bridgehead atoms. The van der Waals surface area contributed by atoms with Gasteiger partial charge in [0.1, 0.15) is 11.5 Å². The van der Waals surface area contributed by atoms with Crippen LogP contribution in [0.2, 0.25) is 5.02 Å². The van der Waals surface area contributed by atoms with Crippen molar-refractivity contribution >= 4 is 23.7 Å². The van der Waals surface area contributed by atoms with Gasteiger partial charge in [0.15, 0.2) is 0 Å². The number of carbonyl (C=O) groups excluding carboxylic acids is 1. The predicted molar refractivity (Wildman–Crippen MR) is 122 cm³/mol. The molecule has 0 fully saturated rings. The number of pyridine rings is 1. The van der Waals surface area contributed by atoms with Crippen molar-refractivity contribution in [3.8, 4) is 11.5 Å². The van der Waals surface area contributed by atoms with Gasteiger partial charge in [0, 0.05) is 35.0 Å². The van der Waals surface area contributed by atoms with E-state index in [-0.39, 0.29) is 5.91 Å². The standard InChI is InChI=1S/C24H24ClN3O3/c1-2-18-4-7-22(8-5-18)30-14-3-15-31-23-9-6-21(25)16-20(23)17-27-28-24(29)19-10-12-26-13-11-19/h4-13,16-17H,2-3,14-15H2,1H3,(H,28,29)/b27-17-. The largest absolute Gasteiger partial charge is 0.493 e. The van der Waals surface area contributed by atoms with Crippen molar-refractivity contribution in [3.63, 3.8) is 0 Å². The number of halogens is 1. The van der Waals surface area contributed by atoms with E-state index in [1.165, 1.54) is 11.8 Å². The number of nitrogens with zero attached hydrogens (tertiary/aromatic N) is 2. The number of amides is 1. The summed E-state index contributed by atoms with van der Waals surface area (Å²) < 4.78 is 11.6. The van der Waals surface area contributed by atoms with Crippen LogP contribution in [0.5, 0.6) is 11.5 Å². The highest BCUT2D eigenvalue weighted by Crippen LogP contribution is 2.21. The number of ether oxygens (including phenoxy) is 2. The van der Waals surface area contributed by atoms with Crippen LogP contribution >= 0.6 is 11.6 Å². The van der Waals surface area contributed by atoms with Crippen LogP contribution in [0.15, 0.2) is 72.1 Å². The van der Waals surface area contributed by atoms with Crippen molar-refractivity contribution in [1.82, 2.24) is 10.4 Å². The lowest BCUT2D eigenvalue weighted by Crippen LogP contribution is -2.17. The second kappa shape index (κ2) is 11.7. The average Bonchev–Trinajstić information content (AvgIpc) is 2.81. The van der Waals surface area contributed by atoms with Gasteiger partial charge in [-0.3, -0.25) is 9.78 Å². The van der Waals surface area contributed by atoms with Gasteiger partial charge in [-0.15, -0.1) is 0 Å². The van der Waals surface area contributed by atoms with Gasteiger partial charge < -0.3 is 9.47 Å². The zero-order valence-electron chi connectivity index (χ0n) is 17.3. The maximum absolute atomic E-state index is 12.1. The summed E-state index contributed by atoms with van der Waals surface area (Å²) in [6.07, 6.45) is 6.32. The lowest BCUT2D eigenvalue weighted by Gasteiger charge is -2.10. The molecule has 0 unspecified atom stereocenters. The fourth-order valence-electron chi connectivity index (χ4n) is 2.73. The van der Waals surface area contributed by atoms with Crippen molar-refractivity contribution in [2.75, 3.05) is 13.2 Å². The first-order valence-corrected chi connectivity index (χ1v) is 10.4. The number of hydrogen-bond acceptors (Lipinski definition) is 5. The second-order valence-corrected chi connectivity index (χ2v) is 7.10. The minimum atomic E-state index is -0.327. The molecule has 0 saturated carbocycles. The van der Waals surface area contributed by atoms with E-state index in [1.807, 2.05) is 12.1 Å². The van der Waals surface area contributed by atoms with E-state index >= 15 is 0 Å². The average molecular weight is 438 g/mol. The third-order valence-corrected chi connectivity index (χ3v) is 4.67. The molecule has 160 valence electrons. The Hall–Kier alpha value is -3.38. The number of aromatic nitrogens is 1. The van der Waals surface area contributed by atoms with E-state index in [4.69, 9.17) is 21.1 Å². The van der Waals surface area contributed by atoms with E-state index < -0.39 is 0 Å². The monoisotopic (exact) mass is 437 g/mol. The first-order valence-electron chi connectivity index (χ1n) is 10.0. The number of hydrogen-bond donors (Lipinski definition) is 1. The van der Waals surface area contributed by atoms with Crippen LogP contribution in [0.25, 0.3) is 0 Å². The van der Waals surface area contributed by atoms with Gasteiger partial charge in [-0.25, -0.2) is 5.43 Å². The fourth-order valence-corrected chi connectivity index (χ4v) is 2.91. The molecule has 3 aromatic rings. The smallest absolute Gasteiger partial charge is 0.271 e. The third kappa shape index (κ3) is 7.12. The Kier molecular flexibility index (Phi) is 8.43. The quantitative estimate of drug-likeness (QED) is 0.278. The van der Waals surface area contributed by atoms with E-state index in [2.05, 4.69) is 34.6 Å². The molecule has 0 aliphatic carbocycles. The van der Waals surface area contributed by atoms with Crippen molar-refractivity contribution in [3.05, 3.63) is 88.7 Å². The highest BCUT2D eigenvalue weighted by molar-refractivity contribution is 6.30. The maximum Gasteiger partial charge on any atom is 0.271 e. The van der Waals surface area contributed by atoms with E-state index in [9.17, 15) is 4.79 Å². The summed E-state index contributed by atoms with van der Waals surface area (Å²) in [5.74, 6) is 1.15. The highest BCUT2D eigenvalue weighted by Gasteiger charge is 2.05. The fraction of sp³-hybridized carbons (Fsp3) is 0.208. The van der Waals surface area contributed by atoms with Crippen molar-refractivity contribution < 1.29 is 14.3 Å². The molecular formula is C24H24ClN3O3. The van der Waals surface area contributed by atoms with Crippen LogP contribution in [-0.4, -0.2) is 30.3 Å². The van der Waals surface area contributed by atoms with Crippen LogP contribution in [-0.2, 0) is 6.42 Å². The van der Waals surface area contributed by atoms with Crippen molar-refractivity contribution in [2.45, 2.75) is 19.8 Å². The predicted octanol–water partition coefficient (Wildman–Crippen LogP) is 4.91. The number of benzene rings is 2. The van der Waals surface area contributed by atoms with Gasteiger partial charge in [-0.05, 0) is 54.4 Å². The summed E-state index contributed by atoms with van der Waals surface area (Å²) in [5.41, 5.74) is 4.90. The number of aryl methyl sites for hydroxylation is 1. The van der Waals surface area contributed by atoms with Gasteiger partial charge in [-0.2, -0.15) is 5.10 Å². The Morgan fingerprint density at radius 1 is 1.06 bits per heavy atom. The molecule has 31 heavy (non-hydrogen) atoms. The number of nitrogens with one attached hydrogen (secondary N) is 1. The van der Waals surface area contributed by atoms with Crippen LogP contribution < -0.4 is 14.9 Å². The topological polar surface area (TPSA) is 72.8 Å². The SMILES string of the molecule is CCc1ccc(OCCCOc2ccc(Cl)cc2/C=N\NC(=O)c2ccncc2)cc1. The zero-order chi connectivity index (χ0) is 21.9. The van der Waals surface area contributed by atoms with E-state index in [1.54, 1.807) is 42.7 Å². The van der Waals surface area contributed by atoms with Gasteiger partial charge in [0.25, 0.3) is 5.91 Å². The molecule has 0 aliphatic rings. The summed E-state index contributed by atoms with van der Waals surface area (Å²) in [4.78, 5) is 15.9. The van der Waals surface area contributed by atoms with E-state index in [0.717, 1.165) is 12.2 Å². The van der Waals surface area contributed by atoms with Gasteiger partial charge in [0.05, 0.1) is 19.4 Å². The molecule has 0 saturated heterocycles. The summed E-state index contributed by atoms with van der Waals surface area (Å²) in [6, 6.07) is 16.6. The molecule has 0 radical (unpaired) electrons. The molecule has 3 rings (SSSR count). The minimum absolute atomic E-state index is 0.327. The second-order valence-electron chi connectivity index (χ2n) is 6.67. The van der Waals surface area contributed by atoms with Crippen LogP contribution in [0.3, 0.4) is 0 Å². The van der Waals surface area contributed by atoms with Crippen molar-refractivity contribution in [2.24, 2.45) is 5.10 Å². The zero-order valence-corrected chi connectivity index (χ0v) is 18.0. The first kappa shape index (κ1) is 22.3. The van der Waals surface area contributed by atoms with E-state index in [0.29, 0.717) is 41.5 Å². The summed E-state index contributed by atoms with van der Waals surface area (Å²) in [7, 11) is 0. The third-order valence-electron chi connectivity index (χ3n) is 4.43. The molecule has 0 aliphatic heterocycles. The Morgan fingerprint density at radius 2 is 1.81 bits per heavy atom. The molecule has 1 heterocycles. The van der Waals surface area contributed by atoms with Gasteiger partial charge in [-0.1, -0.05) is 30.7 Å². The summed E-state index contributed by atoms with van der Waals surface area (Å²) >= 11 is 6.10. The molecular weight excluding hydrogens is 414 g/mol. The van der Waals surface area contributed by atoms with Crippen molar-refractivity contribution in [1.29, 1.82) is 0 Å². The normalized spacial score (nSPS) is 10.8. The summed E-state index contributed by atoms with van der Waals surface area (Å²) in [5, 5.41) is 4.56. The molecule has 0 atom stereocenters. The molecule has 1 aromatic heterocycles. The molecule has 1 amide bonds. The first-order chi connectivity index (χ1) is 15.2. The molecule has 7 heteroatoms. The minimum Gasteiger partial charge on any atom is -0.493 e. The van der Waals surface area contributed by atoms with Gasteiger partial charge in [0.2, 0.25) is 0 Å². The molecule has 0 spiro atoms. The highest BCUT2D eigenvalue weighted by atomic mass is 35.5. The number of carbonyl (C=O) groups is 1. The number of rotatable bonds is 10. The Labute approximate surface area is 186 Å². The lowest BCUT2D eigenvalue weighted by atomic mass is 10.2. The lowest BCUT2D eigenvalue weighted by molar-refractivity contribution is 0.0955. The molecule has 2 aromatic carbocycles.